The van der Waals surface area contributed by atoms with E-state index in [2.05, 4.69) is 20.9 Å². The minimum Gasteiger partial charge on any atom is -0.480 e. The van der Waals surface area contributed by atoms with Gasteiger partial charge in [0, 0.05) is 48.1 Å². The van der Waals surface area contributed by atoms with Crippen molar-refractivity contribution in [3.8, 4) is 0 Å². The molecule has 10 nitrogen and oxygen atoms in total. The number of fused-ring (bicyclic) bond motifs is 3. The van der Waals surface area contributed by atoms with Crippen molar-refractivity contribution < 1.29 is 24.3 Å². The van der Waals surface area contributed by atoms with Gasteiger partial charge in [-0.3, -0.25) is 9.59 Å². The number of piperidine rings is 1. The van der Waals surface area contributed by atoms with Gasteiger partial charge in [-0.2, -0.15) is 0 Å². The predicted molar refractivity (Wildman–Crippen MR) is 173 cm³/mol. The fourth-order valence-electron chi connectivity index (χ4n) is 6.68. The number of aliphatic carboxylic acids is 1. The number of carbonyl (C=O) groups excluding carboxylic acids is 3. The second-order valence-corrected chi connectivity index (χ2v) is 13.3. The molecule has 240 valence electrons. The molecule has 1 aliphatic heterocycles. The molecule has 1 aliphatic carbocycles. The molecule has 2 aliphatic rings. The summed E-state index contributed by atoms with van der Waals surface area (Å²) in [7, 11) is 0. The number of likely N-dealkylation sites (tertiary alicyclic amines) is 1. The van der Waals surface area contributed by atoms with E-state index in [0.29, 0.717) is 41.9 Å². The number of carboxylic acid groups (broad SMARTS) is 1. The molecule has 1 saturated heterocycles. The number of amides is 4. The molecule has 2 fully saturated rings. The maximum Gasteiger partial charge on any atom is 0.326 e. The zero-order valence-corrected chi connectivity index (χ0v) is 26.5. The van der Waals surface area contributed by atoms with Crippen molar-refractivity contribution in [2.75, 3.05) is 13.1 Å². The SMILES string of the molecule is CC(C)C[C@H](NC(=O)N1C[C@@H]2CC[C@@H](C2)C1)C(=O)N[C@H](Cc1c[nH]c2ccccc12)C(=O)N[C@H](Cc1ccccc1Cl)C(=O)O. The summed E-state index contributed by atoms with van der Waals surface area (Å²) in [6.07, 6.45) is 5.65. The Morgan fingerprint density at radius 3 is 2.18 bits per heavy atom. The summed E-state index contributed by atoms with van der Waals surface area (Å²) in [6.45, 7) is 5.31. The Morgan fingerprint density at radius 1 is 0.867 bits per heavy atom. The number of hydrogen-bond acceptors (Lipinski definition) is 4. The summed E-state index contributed by atoms with van der Waals surface area (Å²) in [5.41, 5.74) is 2.24. The van der Waals surface area contributed by atoms with E-state index in [4.69, 9.17) is 11.6 Å². The Hall–Kier alpha value is -4.05. The lowest BCUT2D eigenvalue weighted by molar-refractivity contribution is -0.142. The number of nitrogens with one attached hydrogen (secondary N) is 4. The van der Waals surface area contributed by atoms with Gasteiger partial charge in [-0.05, 0) is 66.7 Å². The first kappa shape index (κ1) is 32.3. The quantitative estimate of drug-likeness (QED) is 0.199. The van der Waals surface area contributed by atoms with E-state index >= 15 is 0 Å². The van der Waals surface area contributed by atoms with Crippen LogP contribution in [0, 0.1) is 17.8 Å². The fourth-order valence-corrected chi connectivity index (χ4v) is 6.89. The third kappa shape index (κ3) is 8.16. The molecule has 1 saturated carbocycles. The maximum absolute atomic E-state index is 13.8. The van der Waals surface area contributed by atoms with Gasteiger partial charge >= 0.3 is 12.0 Å². The lowest BCUT2D eigenvalue weighted by Gasteiger charge is -2.33. The van der Waals surface area contributed by atoms with Crippen molar-refractivity contribution in [2.24, 2.45) is 17.8 Å². The Bertz CT molecular complexity index is 1530. The van der Waals surface area contributed by atoms with E-state index in [1.165, 1.54) is 0 Å². The topological polar surface area (TPSA) is 144 Å². The third-order valence-electron chi connectivity index (χ3n) is 8.94. The van der Waals surface area contributed by atoms with E-state index < -0.39 is 35.9 Å². The van der Waals surface area contributed by atoms with Gasteiger partial charge in [0.1, 0.15) is 18.1 Å². The third-order valence-corrected chi connectivity index (χ3v) is 9.31. The molecule has 0 unspecified atom stereocenters. The first-order valence-electron chi connectivity index (χ1n) is 15.7. The number of para-hydroxylation sites is 1. The monoisotopic (exact) mass is 635 g/mol. The Kier molecular flexibility index (Phi) is 10.3. The van der Waals surface area contributed by atoms with Crippen LogP contribution in [0.5, 0.6) is 0 Å². The number of H-pyrrole nitrogens is 1. The molecule has 1 aromatic heterocycles. The van der Waals surface area contributed by atoms with Crippen LogP contribution in [-0.4, -0.2) is 70.0 Å². The van der Waals surface area contributed by atoms with Crippen molar-refractivity contribution in [2.45, 2.75) is 70.5 Å². The number of urea groups is 1. The molecular weight excluding hydrogens is 594 g/mol. The van der Waals surface area contributed by atoms with Crippen LogP contribution in [0.2, 0.25) is 5.02 Å². The number of carbonyl (C=O) groups is 4. The highest BCUT2D eigenvalue weighted by Crippen LogP contribution is 2.36. The lowest BCUT2D eigenvalue weighted by Crippen LogP contribution is -2.58. The van der Waals surface area contributed by atoms with Crippen LogP contribution in [0.4, 0.5) is 4.79 Å². The Morgan fingerprint density at radius 2 is 1.49 bits per heavy atom. The van der Waals surface area contributed by atoms with E-state index in [1.54, 1.807) is 30.5 Å². The largest absolute Gasteiger partial charge is 0.480 e. The van der Waals surface area contributed by atoms with Gasteiger partial charge in [-0.25, -0.2) is 9.59 Å². The number of benzene rings is 2. The summed E-state index contributed by atoms with van der Waals surface area (Å²) < 4.78 is 0. The lowest BCUT2D eigenvalue weighted by atomic mass is 9.99. The molecule has 2 aromatic carbocycles. The van der Waals surface area contributed by atoms with E-state index in [0.717, 1.165) is 35.7 Å². The minimum absolute atomic E-state index is 0.0294. The number of hydrogen-bond donors (Lipinski definition) is 5. The van der Waals surface area contributed by atoms with Gasteiger partial charge in [-0.1, -0.05) is 61.8 Å². The zero-order valence-electron chi connectivity index (χ0n) is 25.7. The van der Waals surface area contributed by atoms with Crippen molar-refractivity contribution in [3.63, 3.8) is 0 Å². The van der Waals surface area contributed by atoms with Gasteiger partial charge in [0.2, 0.25) is 11.8 Å². The van der Waals surface area contributed by atoms with Gasteiger partial charge in [0.05, 0.1) is 0 Å². The van der Waals surface area contributed by atoms with Crippen molar-refractivity contribution in [3.05, 3.63) is 70.9 Å². The molecule has 2 bridgehead atoms. The maximum atomic E-state index is 13.8. The highest BCUT2D eigenvalue weighted by atomic mass is 35.5. The first-order chi connectivity index (χ1) is 21.6. The fraction of sp³-hybridized carbons (Fsp3) is 0.471. The molecule has 4 amide bonds. The van der Waals surface area contributed by atoms with E-state index in [9.17, 15) is 24.3 Å². The predicted octanol–water partition coefficient (Wildman–Crippen LogP) is 4.52. The molecule has 45 heavy (non-hydrogen) atoms. The average molecular weight is 636 g/mol. The van der Waals surface area contributed by atoms with Crippen LogP contribution in [-0.2, 0) is 27.2 Å². The molecule has 2 heterocycles. The number of aromatic amines is 1. The summed E-state index contributed by atoms with van der Waals surface area (Å²) in [4.78, 5) is 58.2. The van der Waals surface area contributed by atoms with Gasteiger partial charge in [-0.15, -0.1) is 0 Å². The molecule has 11 heteroatoms. The van der Waals surface area contributed by atoms with Crippen LogP contribution < -0.4 is 16.0 Å². The van der Waals surface area contributed by atoms with E-state index in [1.807, 2.05) is 43.0 Å². The molecule has 0 spiro atoms. The number of aromatic nitrogens is 1. The van der Waals surface area contributed by atoms with Gasteiger partial charge in [0.15, 0.2) is 0 Å². The molecule has 5 rings (SSSR count). The molecule has 3 aromatic rings. The molecule has 5 atom stereocenters. The summed E-state index contributed by atoms with van der Waals surface area (Å²) >= 11 is 6.28. The smallest absolute Gasteiger partial charge is 0.326 e. The van der Waals surface area contributed by atoms with Gasteiger partial charge < -0.3 is 30.9 Å². The highest BCUT2D eigenvalue weighted by molar-refractivity contribution is 6.31. The normalized spacial score (nSPS) is 19.6. The Balaban J connectivity index is 1.35. The van der Waals surface area contributed by atoms with Crippen molar-refractivity contribution in [1.82, 2.24) is 25.8 Å². The average Bonchev–Trinajstić information content (AvgIpc) is 3.57. The van der Waals surface area contributed by atoms with Gasteiger partial charge in [0.25, 0.3) is 0 Å². The summed E-state index contributed by atoms with van der Waals surface area (Å²) in [5, 5.41) is 19.7. The molecular formula is C34H42ClN5O5. The van der Waals surface area contributed by atoms with Crippen molar-refractivity contribution in [1.29, 1.82) is 0 Å². The summed E-state index contributed by atoms with van der Waals surface area (Å²) in [6, 6.07) is 11.0. The second kappa shape index (κ2) is 14.4. The first-order valence-corrected chi connectivity index (χ1v) is 16.1. The molecule has 0 radical (unpaired) electrons. The number of nitrogens with zero attached hydrogens (tertiary/aromatic N) is 1. The zero-order chi connectivity index (χ0) is 32.1. The van der Waals surface area contributed by atoms with Crippen LogP contribution >= 0.6 is 11.6 Å². The number of rotatable bonds is 12. The number of halogens is 1. The van der Waals surface area contributed by atoms with Crippen LogP contribution in [0.15, 0.2) is 54.7 Å². The van der Waals surface area contributed by atoms with E-state index in [-0.39, 0.29) is 24.8 Å². The van der Waals surface area contributed by atoms with Crippen LogP contribution in [0.25, 0.3) is 10.9 Å². The standard InChI is InChI=1S/C34H42ClN5O5/c1-20(2)13-28(39-34(45)40-18-21-11-12-22(14-21)19-40)31(41)37-29(16-24-17-36-27-10-6-4-8-25(24)27)32(42)38-30(33(43)44)15-23-7-3-5-9-26(23)35/h3-10,17,20-22,28-30,36H,11-16,18-19H2,1-2H3,(H,37,41)(H,38,42)(H,39,45)(H,43,44)/t21-,22+,28-,29+,30+/m0/s1. The minimum atomic E-state index is -1.28. The van der Waals surface area contributed by atoms with Crippen molar-refractivity contribution >= 4 is 46.3 Å². The second-order valence-electron chi connectivity index (χ2n) is 12.9. The Labute approximate surface area is 268 Å². The van der Waals surface area contributed by atoms with Crippen LogP contribution in [0.3, 0.4) is 0 Å². The summed E-state index contributed by atoms with van der Waals surface area (Å²) in [5.74, 6) is -1.26. The number of carboxylic acids is 1. The van der Waals surface area contributed by atoms with Crippen LogP contribution in [0.1, 0.15) is 50.7 Å². The molecule has 5 N–H and O–H groups in total. The highest BCUT2D eigenvalue weighted by Gasteiger charge is 2.37.